The average Bonchev–Trinajstić information content (AvgIpc) is 2.69. The summed E-state index contributed by atoms with van der Waals surface area (Å²) in [6.07, 6.45) is 21.4. The summed E-state index contributed by atoms with van der Waals surface area (Å²) >= 11 is 0. The van der Waals surface area contributed by atoms with Crippen molar-refractivity contribution in [1.29, 1.82) is 0 Å². The molecule has 2 heteroatoms. The number of aryl methyl sites for hydroxylation is 1. The van der Waals surface area contributed by atoms with Gasteiger partial charge >= 0.3 is 0 Å². The lowest BCUT2D eigenvalue weighted by Crippen LogP contribution is -1.92. The molecule has 0 bridgehead atoms. The van der Waals surface area contributed by atoms with Gasteiger partial charge in [0.2, 0.25) is 0 Å². The Bertz CT molecular complexity index is 876. The fourth-order valence-electron chi connectivity index (χ4n) is 3.66. The van der Waals surface area contributed by atoms with Gasteiger partial charge < -0.3 is 0 Å². The maximum Gasteiger partial charge on any atom is 0.0967 e. The first-order valence-electron chi connectivity index (χ1n) is 9.95. The SMILES string of the molecule is C#CCCCCCCCCCCc1cc2cccnc2c2ncccc12. The quantitative estimate of drug-likeness (QED) is 0.239. The number of benzene rings is 1. The van der Waals surface area contributed by atoms with Gasteiger partial charge in [0, 0.05) is 29.6 Å². The molecule has 0 saturated heterocycles. The predicted molar refractivity (Wildman–Crippen MR) is 111 cm³/mol. The second kappa shape index (κ2) is 9.92. The van der Waals surface area contributed by atoms with Crippen LogP contribution in [0.2, 0.25) is 0 Å². The van der Waals surface area contributed by atoms with E-state index in [1.165, 1.54) is 67.7 Å². The van der Waals surface area contributed by atoms with E-state index < -0.39 is 0 Å². The first-order chi connectivity index (χ1) is 12.9. The highest BCUT2D eigenvalue weighted by molar-refractivity contribution is 6.04. The van der Waals surface area contributed by atoms with Crippen LogP contribution >= 0.6 is 0 Å². The maximum atomic E-state index is 5.28. The molecule has 3 rings (SSSR count). The maximum absolute atomic E-state index is 5.28. The third kappa shape index (κ3) is 4.82. The van der Waals surface area contributed by atoms with Gasteiger partial charge in [-0.1, -0.05) is 50.7 Å². The van der Waals surface area contributed by atoms with E-state index in [2.05, 4.69) is 34.1 Å². The number of pyridine rings is 2. The highest BCUT2D eigenvalue weighted by atomic mass is 14.7. The van der Waals surface area contributed by atoms with E-state index in [1.807, 2.05) is 24.5 Å². The summed E-state index contributed by atoms with van der Waals surface area (Å²) < 4.78 is 0. The summed E-state index contributed by atoms with van der Waals surface area (Å²) in [6, 6.07) is 10.7. The van der Waals surface area contributed by atoms with Gasteiger partial charge in [-0.2, -0.15) is 0 Å². The minimum atomic E-state index is 0.935. The van der Waals surface area contributed by atoms with Gasteiger partial charge in [-0.15, -0.1) is 12.3 Å². The zero-order valence-electron chi connectivity index (χ0n) is 15.6. The Morgan fingerprint density at radius 3 is 2.19 bits per heavy atom. The summed E-state index contributed by atoms with van der Waals surface area (Å²) in [4.78, 5) is 9.13. The van der Waals surface area contributed by atoms with Gasteiger partial charge in [-0.05, 0) is 43.0 Å². The third-order valence-corrected chi connectivity index (χ3v) is 5.06. The molecule has 0 N–H and O–H groups in total. The van der Waals surface area contributed by atoms with E-state index in [4.69, 9.17) is 6.42 Å². The van der Waals surface area contributed by atoms with Crippen molar-refractivity contribution in [1.82, 2.24) is 9.97 Å². The van der Waals surface area contributed by atoms with Crippen LogP contribution in [0.15, 0.2) is 42.7 Å². The number of hydrogen-bond donors (Lipinski definition) is 0. The van der Waals surface area contributed by atoms with Crippen molar-refractivity contribution in [3.8, 4) is 12.3 Å². The Hall–Kier alpha value is -2.40. The lowest BCUT2D eigenvalue weighted by molar-refractivity contribution is 0.571. The zero-order valence-corrected chi connectivity index (χ0v) is 15.6. The molecule has 2 nitrogen and oxygen atoms in total. The molecular weight excluding hydrogens is 316 g/mol. The number of fused-ring (bicyclic) bond motifs is 3. The van der Waals surface area contributed by atoms with E-state index in [9.17, 15) is 0 Å². The van der Waals surface area contributed by atoms with Gasteiger partial charge in [0.25, 0.3) is 0 Å². The van der Waals surface area contributed by atoms with E-state index in [1.54, 1.807) is 0 Å². The lowest BCUT2D eigenvalue weighted by atomic mass is 9.98. The van der Waals surface area contributed by atoms with Gasteiger partial charge in [0.1, 0.15) is 0 Å². The van der Waals surface area contributed by atoms with Crippen molar-refractivity contribution in [2.75, 3.05) is 0 Å². The van der Waals surface area contributed by atoms with Crippen molar-refractivity contribution in [3.05, 3.63) is 48.3 Å². The minimum absolute atomic E-state index is 0.935. The number of rotatable bonds is 10. The molecule has 0 aliphatic heterocycles. The van der Waals surface area contributed by atoms with Gasteiger partial charge in [0.05, 0.1) is 11.0 Å². The standard InChI is InChI=1S/C24H28N2/c1-2-3-4-5-6-7-8-9-10-11-14-20-19-21-15-12-17-25-23(21)24-22(20)16-13-18-26-24/h1,12-13,15-19H,3-11,14H2. The summed E-state index contributed by atoms with van der Waals surface area (Å²) in [6.45, 7) is 0. The highest BCUT2D eigenvalue weighted by Gasteiger charge is 2.08. The molecule has 1 aromatic carbocycles. The molecule has 0 amide bonds. The Morgan fingerprint density at radius 1 is 0.769 bits per heavy atom. The molecule has 0 unspecified atom stereocenters. The van der Waals surface area contributed by atoms with Crippen LogP contribution in [-0.2, 0) is 6.42 Å². The summed E-state index contributed by atoms with van der Waals surface area (Å²) in [5, 5.41) is 2.45. The lowest BCUT2D eigenvalue weighted by Gasteiger charge is -2.09. The average molecular weight is 345 g/mol. The third-order valence-electron chi connectivity index (χ3n) is 5.06. The number of aromatic nitrogens is 2. The van der Waals surface area contributed by atoms with Crippen molar-refractivity contribution >= 4 is 21.8 Å². The highest BCUT2D eigenvalue weighted by Crippen LogP contribution is 2.27. The topological polar surface area (TPSA) is 25.8 Å². The molecule has 0 aliphatic rings. The zero-order chi connectivity index (χ0) is 18.0. The summed E-state index contributed by atoms with van der Waals surface area (Å²) in [5.41, 5.74) is 3.45. The van der Waals surface area contributed by atoms with Crippen LogP contribution < -0.4 is 0 Å². The van der Waals surface area contributed by atoms with E-state index in [0.29, 0.717) is 0 Å². The van der Waals surface area contributed by atoms with Crippen LogP contribution in [0.4, 0.5) is 0 Å². The number of nitrogens with zero attached hydrogens (tertiary/aromatic N) is 2. The van der Waals surface area contributed by atoms with E-state index in [0.717, 1.165) is 23.9 Å². The second-order valence-electron chi connectivity index (χ2n) is 7.04. The van der Waals surface area contributed by atoms with Crippen molar-refractivity contribution in [2.45, 2.75) is 64.2 Å². The fraction of sp³-hybridized carbons (Fsp3) is 0.417. The molecule has 0 saturated carbocycles. The first kappa shape index (κ1) is 18.4. The molecule has 0 spiro atoms. The molecule has 0 aliphatic carbocycles. The minimum Gasteiger partial charge on any atom is -0.254 e. The van der Waals surface area contributed by atoms with Crippen LogP contribution in [-0.4, -0.2) is 9.97 Å². The normalized spacial score (nSPS) is 11.0. The van der Waals surface area contributed by atoms with Crippen LogP contribution in [0.5, 0.6) is 0 Å². The van der Waals surface area contributed by atoms with Gasteiger partial charge in [-0.3, -0.25) is 9.97 Å². The number of hydrogen-bond acceptors (Lipinski definition) is 2. The Kier molecular flexibility index (Phi) is 7.02. The van der Waals surface area contributed by atoms with Crippen LogP contribution in [0, 0.1) is 12.3 Å². The molecule has 26 heavy (non-hydrogen) atoms. The van der Waals surface area contributed by atoms with E-state index in [-0.39, 0.29) is 0 Å². The monoisotopic (exact) mass is 344 g/mol. The summed E-state index contributed by atoms with van der Waals surface area (Å²) in [5.74, 6) is 2.72. The largest absolute Gasteiger partial charge is 0.254 e. The second-order valence-corrected chi connectivity index (χ2v) is 7.04. The molecule has 134 valence electrons. The molecular formula is C24H28N2. The smallest absolute Gasteiger partial charge is 0.0967 e. The fourth-order valence-corrected chi connectivity index (χ4v) is 3.66. The van der Waals surface area contributed by atoms with Crippen molar-refractivity contribution in [2.24, 2.45) is 0 Å². The van der Waals surface area contributed by atoms with Crippen LogP contribution in [0.3, 0.4) is 0 Å². The Labute approximate surface area is 157 Å². The van der Waals surface area contributed by atoms with Crippen LogP contribution in [0.25, 0.3) is 21.8 Å². The van der Waals surface area contributed by atoms with Crippen molar-refractivity contribution in [3.63, 3.8) is 0 Å². The Balaban J connectivity index is 1.50. The van der Waals surface area contributed by atoms with Gasteiger partial charge in [0.15, 0.2) is 0 Å². The molecule has 0 radical (unpaired) electrons. The number of terminal acetylenes is 1. The first-order valence-corrected chi connectivity index (χ1v) is 9.95. The van der Waals surface area contributed by atoms with E-state index >= 15 is 0 Å². The van der Waals surface area contributed by atoms with Crippen LogP contribution in [0.1, 0.15) is 63.4 Å². The Morgan fingerprint density at radius 2 is 1.42 bits per heavy atom. The molecule has 0 fully saturated rings. The molecule has 2 aromatic heterocycles. The van der Waals surface area contributed by atoms with Crippen molar-refractivity contribution < 1.29 is 0 Å². The molecule has 2 heterocycles. The number of unbranched alkanes of at least 4 members (excludes halogenated alkanes) is 8. The summed E-state index contributed by atoms with van der Waals surface area (Å²) in [7, 11) is 0. The predicted octanol–water partition coefficient (Wildman–Crippen LogP) is 6.47. The van der Waals surface area contributed by atoms with Gasteiger partial charge in [-0.25, -0.2) is 0 Å². The molecule has 3 aromatic rings. The molecule has 0 atom stereocenters.